The lowest BCUT2D eigenvalue weighted by Gasteiger charge is -2.19. The number of rotatable bonds is 12. The zero-order valence-corrected chi connectivity index (χ0v) is 22.2. The molecule has 3 N–H and O–H groups in total. The summed E-state index contributed by atoms with van der Waals surface area (Å²) in [6.07, 6.45) is 3.45. The summed E-state index contributed by atoms with van der Waals surface area (Å²) in [6.45, 7) is 3.51. The first-order valence-corrected chi connectivity index (χ1v) is 13.3. The highest BCUT2D eigenvalue weighted by Gasteiger charge is 2.22. The van der Waals surface area contributed by atoms with Gasteiger partial charge in [-0.05, 0) is 68.7 Å². The van der Waals surface area contributed by atoms with Crippen LogP contribution >= 0.6 is 11.3 Å². The first-order valence-electron chi connectivity index (χ1n) is 12.4. The van der Waals surface area contributed by atoms with Crippen molar-refractivity contribution in [2.75, 3.05) is 12.4 Å². The number of amides is 2. The number of carbonyl (C=O) groups excluding carboxylic acids is 3. The number of carbonyl (C=O) groups is 3. The van der Waals surface area contributed by atoms with Crippen LogP contribution in [0.2, 0.25) is 0 Å². The molecule has 1 atom stereocenters. The molecule has 0 saturated carbocycles. The van der Waals surface area contributed by atoms with Gasteiger partial charge in [0, 0.05) is 28.7 Å². The van der Waals surface area contributed by atoms with Crippen LogP contribution in [0.3, 0.4) is 0 Å². The molecular formula is C28H32N4O4S. The molecule has 4 aromatic rings. The van der Waals surface area contributed by atoms with Gasteiger partial charge in [0.25, 0.3) is 0 Å². The van der Waals surface area contributed by atoms with Gasteiger partial charge in [0.05, 0.1) is 29.3 Å². The predicted octanol–water partition coefficient (Wildman–Crippen LogP) is 5.30. The van der Waals surface area contributed by atoms with E-state index < -0.39 is 6.04 Å². The van der Waals surface area contributed by atoms with Crippen LogP contribution in [0.4, 0.5) is 5.69 Å². The van der Waals surface area contributed by atoms with E-state index in [1.165, 1.54) is 11.3 Å². The SMILES string of the molecule is COc1ccc2[nH]c(C)c(CC(=O)N[C@@H](CCCCCC(C)=O)C(=O)Nc3ccc4scnc4c3)c2c1. The second kappa shape index (κ2) is 12.0. The number of nitrogens with zero attached hydrogens (tertiary/aromatic N) is 1. The van der Waals surface area contributed by atoms with E-state index in [1.54, 1.807) is 19.5 Å². The zero-order chi connectivity index (χ0) is 26.4. The van der Waals surface area contributed by atoms with Crippen LogP contribution < -0.4 is 15.4 Å². The third kappa shape index (κ3) is 6.74. The number of anilines is 1. The van der Waals surface area contributed by atoms with Crippen molar-refractivity contribution < 1.29 is 19.1 Å². The molecule has 2 aromatic carbocycles. The molecule has 0 unspecified atom stereocenters. The Morgan fingerprint density at radius 2 is 1.95 bits per heavy atom. The number of benzene rings is 2. The molecule has 0 aliphatic carbocycles. The second-order valence-electron chi connectivity index (χ2n) is 9.26. The predicted molar refractivity (Wildman–Crippen MR) is 147 cm³/mol. The van der Waals surface area contributed by atoms with Crippen molar-refractivity contribution in [3.8, 4) is 5.75 Å². The van der Waals surface area contributed by atoms with Gasteiger partial charge in [-0.25, -0.2) is 4.98 Å². The highest BCUT2D eigenvalue weighted by Crippen LogP contribution is 2.27. The summed E-state index contributed by atoms with van der Waals surface area (Å²) in [5.74, 6) is 0.372. The first kappa shape index (κ1) is 26.3. The van der Waals surface area contributed by atoms with Gasteiger partial charge in [-0.2, -0.15) is 0 Å². The van der Waals surface area contributed by atoms with Gasteiger partial charge in [0.1, 0.15) is 17.6 Å². The number of aryl methyl sites for hydroxylation is 1. The summed E-state index contributed by atoms with van der Waals surface area (Å²) in [4.78, 5) is 45.3. The Bertz CT molecular complexity index is 1420. The summed E-state index contributed by atoms with van der Waals surface area (Å²) in [6, 6.07) is 10.6. The minimum Gasteiger partial charge on any atom is -0.497 e. The van der Waals surface area contributed by atoms with E-state index in [4.69, 9.17) is 4.74 Å². The van der Waals surface area contributed by atoms with Crippen LogP contribution in [-0.4, -0.2) is 40.7 Å². The molecule has 8 nitrogen and oxygen atoms in total. The number of aromatic amines is 1. The maximum atomic E-state index is 13.2. The number of ketones is 1. The van der Waals surface area contributed by atoms with Crippen molar-refractivity contribution in [1.29, 1.82) is 0 Å². The number of fused-ring (bicyclic) bond motifs is 2. The Labute approximate surface area is 219 Å². The number of hydrogen-bond acceptors (Lipinski definition) is 6. The van der Waals surface area contributed by atoms with Gasteiger partial charge in [-0.3, -0.25) is 9.59 Å². The van der Waals surface area contributed by atoms with Crippen molar-refractivity contribution >= 4 is 55.7 Å². The lowest BCUT2D eigenvalue weighted by molar-refractivity contribution is -0.126. The molecule has 0 aliphatic rings. The van der Waals surface area contributed by atoms with Gasteiger partial charge in [-0.15, -0.1) is 11.3 Å². The maximum absolute atomic E-state index is 13.2. The number of aromatic nitrogens is 2. The first-order chi connectivity index (χ1) is 17.8. The Kier molecular flexibility index (Phi) is 8.55. The minimum atomic E-state index is -0.698. The normalized spacial score (nSPS) is 12.0. The van der Waals surface area contributed by atoms with E-state index in [0.717, 1.165) is 51.6 Å². The number of ether oxygens (including phenoxy) is 1. The Morgan fingerprint density at radius 1 is 1.11 bits per heavy atom. The fraction of sp³-hybridized carbons (Fsp3) is 0.357. The Morgan fingerprint density at radius 3 is 2.73 bits per heavy atom. The lowest BCUT2D eigenvalue weighted by Crippen LogP contribution is -2.44. The fourth-order valence-corrected chi connectivity index (χ4v) is 5.11. The van der Waals surface area contributed by atoms with Gasteiger partial charge in [0.15, 0.2) is 0 Å². The van der Waals surface area contributed by atoms with E-state index in [1.807, 2.05) is 43.3 Å². The third-order valence-electron chi connectivity index (χ3n) is 6.44. The van der Waals surface area contributed by atoms with E-state index in [-0.39, 0.29) is 24.0 Å². The minimum absolute atomic E-state index is 0.137. The van der Waals surface area contributed by atoms with Gasteiger partial charge >= 0.3 is 0 Å². The molecule has 0 saturated heterocycles. The van der Waals surface area contributed by atoms with Gasteiger partial charge in [-0.1, -0.05) is 12.8 Å². The third-order valence-corrected chi connectivity index (χ3v) is 7.25. The van der Waals surface area contributed by atoms with Crippen molar-refractivity contribution in [3.63, 3.8) is 0 Å². The fourth-order valence-electron chi connectivity index (χ4n) is 4.46. The van der Waals surface area contributed by atoms with E-state index in [2.05, 4.69) is 20.6 Å². The summed E-state index contributed by atoms with van der Waals surface area (Å²) < 4.78 is 6.39. The number of nitrogens with one attached hydrogen (secondary N) is 3. The van der Waals surface area contributed by atoms with Crippen LogP contribution in [0.5, 0.6) is 5.75 Å². The molecule has 2 aromatic heterocycles. The monoisotopic (exact) mass is 520 g/mol. The Balaban J connectivity index is 1.46. The van der Waals surface area contributed by atoms with Crippen LogP contribution in [0.15, 0.2) is 41.9 Å². The summed E-state index contributed by atoms with van der Waals surface area (Å²) in [5, 5.41) is 6.81. The largest absolute Gasteiger partial charge is 0.497 e. The van der Waals surface area contributed by atoms with E-state index in [0.29, 0.717) is 24.3 Å². The number of hydrogen-bond donors (Lipinski definition) is 3. The average molecular weight is 521 g/mol. The molecule has 2 amide bonds. The summed E-state index contributed by atoms with van der Waals surface area (Å²) in [7, 11) is 1.61. The molecule has 0 aliphatic heterocycles. The number of thiazole rings is 1. The van der Waals surface area contributed by atoms with Crippen LogP contribution in [0.1, 0.15) is 50.3 Å². The van der Waals surface area contributed by atoms with Gasteiger partial charge < -0.3 is 25.1 Å². The lowest BCUT2D eigenvalue weighted by atomic mass is 10.0. The number of unbranched alkanes of at least 4 members (excludes halogenated alkanes) is 2. The highest BCUT2D eigenvalue weighted by atomic mass is 32.1. The van der Waals surface area contributed by atoms with Crippen molar-refractivity contribution in [1.82, 2.24) is 15.3 Å². The molecule has 0 radical (unpaired) electrons. The van der Waals surface area contributed by atoms with Crippen molar-refractivity contribution in [2.45, 2.75) is 58.4 Å². The quantitative estimate of drug-likeness (QED) is 0.219. The van der Waals surface area contributed by atoms with E-state index in [9.17, 15) is 14.4 Å². The zero-order valence-electron chi connectivity index (χ0n) is 21.3. The summed E-state index contributed by atoms with van der Waals surface area (Å²) in [5.41, 5.74) is 5.93. The molecular weight excluding hydrogens is 488 g/mol. The number of methoxy groups -OCH3 is 1. The second-order valence-corrected chi connectivity index (χ2v) is 10.1. The standard InChI is InChI=1S/C28H32N4O4S/c1-17(33)7-5-4-6-8-24(28(35)31-19-9-12-26-25(13-19)29-16-37-26)32-27(34)15-21-18(2)30-23-11-10-20(36-3)14-22(21)23/h9-14,16,24,30H,4-8,15H2,1-3H3,(H,31,35)(H,32,34)/t24-/m0/s1. The van der Waals surface area contributed by atoms with Crippen molar-refractivity contribution in [3.05, 3.63) is 53.2 Å². The molecule has 4 rings (SSSR count). The number of Topliss-reactive ketones (excluding diaryl/α,β-unsaturated/α-hetero) is 1. The average Bonchev–Trinajstić information content (AvgIpc) is 3.46. The smallest absolute Gasteiger partial charge is 0.246 e. The molecule has 0 spiro atoms. The van der Waals surface area contributed by atoms with E-state index >= 15 is 0 Å². The summed E-state index contributed by atoms with van der Waals surface area (Å²) >= 11 is 1.54. The van der Waals surface area contributed by atoms with Crippen LogP contribution in [-0.2, 0) is 20.8 Å². The highest BCUT2D eigenvalue weighted by molar-refractivity contribution is 7.16. The van der Waals surface area contributed by atoms with Crippen molar-refractivity contribution in [2.24, 2.45) is 0 Å². The van der Waals surface area contributed by atoms with Crippen LogP contribution in [0.25, 0.3) is 21.1 Å². The van der Waals surface area contributed by atoms with Gasteiger partial charge in [0.2, 0.25) is 11.8 Å². The molecule has 9 heteroatoms. The molecule has 2 heterocycles. The molecule has 194 valence electrons. The maximum Gasteiger partial charge on any atom is 0.246 e. The van der Waals surface area contributed by atoms with Crippen LogP contribution in [0, 0.1) is 6.92 Å². The molecule has 0 fully saturated rings. The molecule has 37 heavy (non-hydrogen) atoms. The Hall–Kier alpha value is -3.72. The molecule has 0 bridgehead atoms. The topological polar surface area (TPSA) is 113 Å². The number of H-pyrrole nitrogens is 1.